The van der Waals surface area contributed by atoms with Crippen LogP contribution in [-0.4, -0.2) is 22.0 Å². The second kappa shape index (κ2) is 6.20. The third kappa shape index (κ3) is 2.56. The summed E-state index contributed by atoms with van der Waals surface area (Å²) in [5, 5.41) is 3.51. The molecule has 1 N–H and O–H groups in total. The van der Waals surface area contributed by atoms with Gasteiger partial charge in [0.15, 0.2) is 0 Å². The van der Waals surface area contributed by atoms with Crippen LogP contribution >= 0.6 is 11.3 Å². The maximum atomic E-state index is 12.8. The summed E-state index contributed by atoms with van der Waals surface area (Å²) in [7, 11) is 0. The molecule has 1 aliphatic heterocycles. The van der Waals surface area contributed by atoms with Crippen molar-refractivity contribution in [3.63, 3.8) is 0 Å². The first-order valence-electron chi connectivity index (χ1n) is 7.94. The Kier molecular flexibility index (Phi) is 4.29. The summed E-state index contributed by atoms with van der Waals surface area (Å²) in [6.07, 6.45) is 4.98. The molecule has 3 rings (SSSR count). The molecule has 1 aliphatic rings. The highest BCUT2D eigenvalue weighted by molar-refractivity contribution is 7.20. The van der Waals surface area contributed by atoms with E-state index in [4.69, 9.17) is 0 Å². The molecule has 1 amide bonds. The lowest BCUT2D eigenvalue weighted by atomic mass is 10.2. The molecule has 22 heavy (non-hydrogen) atoms. The van der Waals surface area contributed by atoms with E-state index in [1.165, 1.54) is 11.3 Å². The van der Waals surface area contributed by atoms with Crippen molar-refractivity contribution in [1.82, 2.24) is 14.9 Å². The van der Waals surface area contributed by atoms with Gasteiger partial charge in [-0.05, 0) is 31.7 Å². The number of aryl methyl sites for hydroxylation is 2. The molecule has 6 heteroatoms. The monoisotopic (exact) mass is 319 g/mol. The molecule has 0 unspecified atom stereocenters. The van der Waals surface area contributed by atoms with Crippen LogP contribution in [0.3, 0.4) is 0 Å². The van der Waals surface area contributed by atoms with Gasteiger partial charge < -0.3 is 5.32 Å². The van der Waals surface area contributed by atoms with E-state index in [0.29, 0.717) is 21.6 Å². The minimum Gasteiger partial charge on any atom is -0.351 e. The fourth-order valence-corrected chi connectivity index (χ4v) is 4.05. The minimum atomic E-state index is -0.0954. The van der Waals surface area contributed by atoms with Crippen molar-refractivity contribution in [3.05, 3.63) is 26.6 Å². The Morgan fingerprint density at radius 3 is 2.95 bits per heavy atom. The maximum Gasteiger partial charge on any atom is 0.262 e. The molecule has 0 saturated carbocycles. The van der Waals surface area contributed by atoms with Gasteiger partial charge in [0.25, 0.3) is 11.5 Å². The van der Waals surface area contributed by atoms with Gasteiger partial charge in [-0.15, -0.1) is 11.3 Å². The largest absolute Gasteiger partial charge is 0.351 e. The van der Waals surface area contributed by atoms with Crippen molar-refractivity contribution in [2.45, 2.75) is 52.5 Å². The molecule has 0 bridgehead atoms. The molecular formula is C16H21N3O2S. The zero-order valence-corrected chi connectivity index (χ0v) is 13.9. The van der Waals surface area contributed by atoms with E-state index >= 15 is 0 Å². The predicted molar refractivity (Wildman–Crippen MR) is 88.8 cm³/mol. The van der Waals surface area contributed by atoms with Gasteiger partial charge >= 0.3 is 0 Å². The van der Waals surface area contributed by atoms with Crippen LogP contribution in [0.1, 0.15) is 53.7 Å². The lowest BCUT2D eigenvalue weighted by Crippen LogP contribution is -2.25. The van der Waals surface area contributed by atoms with Crippen molar-refractivity contribution in [2.75, 3.05) is 6.54 Å². The van der Waals surface area contributed by atoms with Crippen LogP contribution in [0.5, 0.6) is 0 Å². The van der Waals surface area contributed by atoms with Crippen molar-refractivity contribution in [1.29, 1.82) is 0 Å². The quantitative estimate of drug-likeness (QED) is 0.946. The topological polar surface area (TPSA) is 64.0 Å². The fraction of sp³-hybridized carbons (Fsp3) is 0.562. The van der Waals surface area contributed by atoms with Crippen LogP contribution < -0.4 is 10.9 Å². The first kappa shape index (κ1) is 15.2. The van der Waals surface area contributed by atoms with Crippen molar-refractivity contribution in [3.8, 4) is 0 Å². The summed E-state index contributed by atoms with van der Waals surface area (Å²) >= 11 is 1.34. The molecule has 5 nitrogen and oxygen atoms in total. The summed E-state index contributed by atoms with van der Waals surface area (Å²) in [6.45, 7) is 5.26. The van der Waals surface area contributed by atoms with Gasteiger partial charge in [0.1, 0.15) is 10.7 Å². The Hall–Kier alpha value is -1.69. The average Bonchev–Trinajstić information content (AvgIpc) is 2.69. The highest BCUT2D eigenvalue weighted by Crippen LogP contribution is 2.28. The summed E-state index contributed by atoms with van der Waals surface area (Å²) in [5.41, 5.74) is 0.788. The van der Waals surface area contributed by atoms with Crippen LogP contribution in [0.15, 0.2) is 4.79 Å². The lowest BCUT2D eigenvalue weighted by Gasteiger charge is -2.08. The van der Waals surface area contributed by atoms with Gasteiger partial charge in [-0.2, -0.15) is 0 Å². The number of nitrogens with one attached hydrogen (secondary N) is 1. The summed E-state index contributed by atoms with van der Waals surface area (Å²) in [5.74, 6) is 0.777. The van der Waals surface area contributed by atoms with E-state index < -0.39 is 0 Å². The third-order valence-electron chi connectivity index (χ3n) is 4.15. The van der Waals surface area contributed by atoms with Crippen LogP contribution in [0.4, 0.5) is 0 Å². The maximum absolute atomic E-state index is 12.8. The minimum absolute atomic E-state index is 0.0187. The fourth-order valence-electron chi connectivity index (χ4n) is 2.95. The molecule has 0 fully saturated rings. The molecule has 0 radical (unpaired) electrons. The highest BCUT2D eigenvalue weighted by atomic mass is 32.1. The van der Waals surface area contributed by atoms with Crippen molar-refractivity contribution >= 4 is 27.5 Å². The van der Waals surface area contributed by atoms with Crippen LogP contribution in [0.25, 0.3) is 10.2 Å². The van der Waals surface area contributed by atoms with Gasteiger partial charge in [0, 0.05) is 19.5 Å². The van der Waals surface area contributed by atoms with Crippen molar-refractivity contribution in [2.24, 2.45) is 0 Å². The molecular weight excluding hydrogens is 298 g/mol. The molecule has 0 aromatic carbocycles. The van der Waals surface area contributed by atoms with E-state index in [1.54, 1.807) is 0 Å². The van der Waals surface area contributed by atoms with Crippen LogP contribution in [0, 0.1) is 6.92 Å². The summed E-state index contributed by atoms with van der Waals surface area (Å²) < 4.78 is 1.81. The Bertz CT molecular complexity index is 776. The Morgan fingerprint density at radius 1 is 1.36 bits per heavy atom. The van der Waals surface area contributed by atoms with E-state index in [-0.39, 0.29) is 11.5 Å². The Labute approximate surface area is 133 Å². The van der Waals surface area contributed by atoms with Gasteiger partial charge in [-0.25, -0.2) is 4.98 Å². The molecule has 0 saturated heterocycles. The van der Waals surface area contributed by atoms with E-state index in [2.05, 4.69) is 10.3 Å². The average molecular weight is 319 g/mol. The predicted octanol–water partition coefficient (Wildman–Crippen LogP) is 2.63. The number of carbonyl (C=O) groups is 1. The SMILES string of the molecule is CCCNC(=O)c1sc2nc3n(c(=O)c2c1C)CCCCC3. The molecule has 0 aliphatic carbocycles. The third-order valence-corrected chi connectivity index (χ3v) is 5.34. The smallest absolute Gasteiger partial charge is 0.262 e. The van der Waals surface area contributed by atoms with Gasteiger partial charge in [-0.1, -0.05) is 13.3 Å². The van der Waals surface area contributed by atoms with Gasteiger partial charge in [0.05, 0.1) is 10.3 Å². The van der Waals surface area contributed by atoms with Crippen LogP contribution in [0.2, 0.25) is 0 Å². The summed E-state index contributed by atoms with van der Waals surface area (Å²) in [4.78, 5) is 31.0. The number of hydrogen-bond acceptors (Lipinski definition) is 4. The number of nitrogens with zero attached hydrogens (tertiary/aromatic N) is 2. The summed E-state index contributed by atoms with van der Waals surface area (Å²) in [6, 6.07) is 0. The van der Waals surface area contributed by atoms with Gasteiger partial charge in [-0.3, -0.25) is 14.2 Å². The number of fused-ring (bicyclic) bond motifs is 2. The standard InChI is InChI=1S/C16H21N3O2S/c1-3-8-17-14(20)13-10(2)12-15(22-13)18-11-7-5-4-6-9-19(11)16(12)21/h3-9H2,1-2H3,(H,17,20). The lowest BCUT2D eigenvalue weighted by molar-refractivity contribution is 0.0957. The van der Waals surface area contributed by atoms with Gasteiger partial charge in [0.2, 0.25) is 0 Å². The number of amides is 1. The van der Waals surface area contributed by atoms with E-state index in [9.17, 15) is 9.59 Å². The molecule has 3 heterocycles. The zero-order valence-electron chi connectivity index (χ0n) is 13.1. The highest BCUT2D eigenvalue weighted by Gasteiger charge is 2.21. The Balaban J connectivity index is 2.13. The molecule has 0 spiro atoms. The number of thiophene rings is 1. The number of aromatic nitrogens is 2. The first-order chi connectivity index (χ1) is 10.6. The number of hydrogen-bond donors (Lipinski definition) is 1. The first-order valence-corrected chi connectivity index (χ1v) is 8.76. The Morgan fingerprint density at radius 2 is 2.18 bits per heavy atom. The second-order valence-corrected chi connectivity index (χ2v) is 6.79. The molecule has 2 aromatic heterocycles. The number of carbonyl (C=O) groups excluding carboxylic acids is 1. The zero-order chi connectivity index (χ0) is 15.7. The normalized spacial score (nSPS) is 14.6. The number of rotatable bonds is 3. The molecule has 118 valence electrons. The van der Waals surface area contributed by atoms with Crippen LogP contribution in [-0.2, 0) is 13.0 Å². The molecule has 0 atom stereocenters. The van der Waals surface area contributed by atoms with E-state index in [1.807, 2.05) is 18.4 Å². The second-order valence-electron chi connectivity index (χ2n) is 5.79. The van der Waals surface area contributed by atoms with Crippen molar-refractivity contribution < 1.29 is 4.79 Å². The van der Waals surface area contributed by atoms with E-state index in [0.717, 1.165) is 50.0 Å². The molecule has 2 aromatic rings.